The second kappa shape index (κ2) is 3.13. The largest absolute Gasteiger partial charge is 0.355 e. The topological polar surface area (TPSA) is 29.0 Å². The van der Waals surface area contributed by atoms with E-state index >= 15 is 0 Å². The predicted octanol–water partition coefficient (Wildman–Crippen LogP) is -0.665. The Labute approximate surface area is 73.2 Å². The molecular weight excluding hydrogens is 149 g/mol. The number of aromatic nitrogens is 2. The van der Waals surface area contributed by atoms with Crippen LogP contribution in [0, 0.1) is 0 Å². The van der Waals surface area contributed by atoms with Crippen LogP contribution < -0.4 is 10.5 Å². The lowest BCUT2D eigenvalue weighted by Gasteiger charge is -2.14. The third kappa shape index (κ3) is 1.42. The van der Waals surface area contributed by atoms with Gasteiger partial charge in [0.2, 0.25) is 0 Å². The Kier molecular flexibility index (Phi) is 1.98. The summed E-state index contributed by atoms with van der Waals surface area (Å²) in [5, 5.41) is 0. The molecule has 3 nitrogen and oxygen atoms in total. The predicted molar refractivity (Wildman–Crippen MR) is 51.7 cm³/mol. The van der Waals surface area contributed by atoms with Crippen LogP contribution in [-0.4, -0.2) is 30.9 Å². The van der Waals surface area contributed by atoms with Crippen molar-refractivity contribution in [2.45, 2.75) is 12.8 Å². The Morgan fingerprint density at radius 1 is 1.17 bits per heavy atom. The standard InChI is InChI=1S/C8H12BN3/c9-7-5-11-8(6-10-7)12-3-1-2-4-12/h5-6H,1-4,9H2. The molecule has 1 aromatic heterocycles. The third-order valence-electron chi connectivity index (χ3n) is 2.20. The SMILES string of the molecule is Bc1cnc(N2CCCC2)cn1. The van der Waals surface area contributed by atoms with Crippen LogP contribution in [0.2, 0.25) is 0 Å². The Morgan fingerprint density at radius 2 is 1.92 bits per heavy atom. The van der Waals surface area contributed by atoms with Gasteiger partial charge in [0.1, 0.15) is 5.82 Å². The number of hydrogen-bond donors (Lipinski definition) is 0. The molecule has 1 aliphatic rings. The summed E-state index contributed by atoms with van der Waals surface area (Å²) in [5.74, 6) is 1.03. The monoisotopic (exact) mass is 161 g/mol. The molecule has 0 bridgehead atoms. The highest BCUT2D eigenvalue weighted by Gasteiger charge is 2.12. The molecule has 0 N–H and O–H groups in total. The average molecular weight is 161 g/mol. The molecule has 1 saturated heterocycles. The van der Waals surface area contributed by atoms with Crippen molar-refractivity contribution in [3.8, 4) is 0 Å². The first-order chi connectivity index (χ1) is 5.86. The first-order valence-corrected chi connectivity index (χ1v) is 4.40. The molecule has 0 saturated carbocycles. The van der Waals surface area contributed by atoms with Crippen molar-refractivity contribution in [3.05, 3.63) is 12.4 Å². The first kappa shape index (κ1) is 7.59. The fourth-order valence-corrected chi connectivity index (χ4v) is 1.50. The van der Waals surface area contributed by atoms with Gasteiger partial charge in [-0.15, -0.1) is 0 Å². The van der Waals surface area contributed by atoms with Crippen LogP contribution in [0.4, 0.5) is 5.82 Å². The molecule has 62 valence electrons. The Morgan fingerprint density at radius 3 is 2.50 bits per heavy atom. The minimum atomic E-state index is 0.984. The highest BCUT2D eigenvalue weighted by molar-refractivity contribution is 6.30. The van der Waals surface area contributed by atoms with Crippen molar-refractivity contribution in [1.82, 2.24) is 9.97 Å². The normalized spacial score (nSPS) is 16.8. The van der Waals surface area contributed by atoms with Crippen molar-refractivity contribution >= 4 is 19.3 Å². The molecule has 1 fully saturated rings. The molecule has 4 heteroatoms. The molecule has 2 heterocycles. The summed E-state index contributed by atoms with van der Waals surface area (Å²) in [6.07, 6.45) is 6.26. The maximum atomic E-state index is 4.32. The van der Waals surface area contributed by atoms with E-state index < -0.39 is 0 Å². The van der Waals surface area contributed by atoms with Crippen molar-refractivity contribution in [2.75, 3.05) is 18.0 Å². The number of anilines is 1. The Bertz CT molecular complexity index is 254. The lowest BCUT2D eigenvalue weighted by atomic mass is 10.1. The zero-order chi connectivity index (χ0) is 8.39. The van der Waals surface area contributed by atoms with Gasteiger partial charge in [-0.1, -0.05) is 0 Å². The van der Waals surface area contributed by atoms with Gasteiger partial charge in [-0.2, -0.15) is 0 Å². The zero-order valence-electron chi connectivity index (χ0n) is 7.32. The molecule has 1 aliphatic heterocycles. The van der Waals surface area contributed by atoms with Gasteiger partial charge in [0, 0.05) is 24.9 Å². The molecule has 0 unspecified atom stereocenters. The summed E-state index contributed by atoms with van der Waals surface area (Å²) in [6, 6.07) is 0. The molecule has 12 heavy (non-hydrogen) atoms. The molecule has 0 aliphatic carbocycles. The summed E-state index contributed by atoms with van der Waals surface area (Å²) >= 11 is 0. The Hall–Kier alpha value is -1.06. The fourth-order valence-electron chi connectivity index (χ4n) is 1.50. The summed E-state index contributed by atoms with van der Waals surface area (Å²) < 4.78 is 0. The van der Waals surface area contributed by atoms with Gasteiger partial charge in [0.15, 0.2) is 7.85 Å². The number of hydrogen-bond acceptors (Lipinski definition) is 3. The maximum Gasteiger partial charge on any atom is 0.166 e. The molecule has 0 aromatic carbocycles. The minimum Gasteiger partial charge on any atom is -0.355 e. The highest BCUT2D eigenvalue weighted by Crippen LogP contribution is 2.14. The zero-order valence-corrected chi connectivity index (χ0v) is 7.32. The van der Waals surface area contributed by atoms with Crippen molar-refractivity contribution in [3.63, 3.8) is 0 Å². The highest BCUT2D eigenvalue weighted by atomic mass is 15.2. The molecule has 0 atom stereocenters. The minimum absolute atomic E-state index is 0.984. The first-order valence-electron chi connectivity index (χ1n) is 4.40. The third-order valence-corrected chi connectivity index (χ3v) is 2.20. The molecular formula is C8H12BN3. The molecule has 0 radical (unpaired) electrons. The van der Waals surface area contributed by atoms with E-state index in [-0.39, 0.29) is 0 Å². The van der Waals surface area contributed by atoms with Gasteiger partial charge < -0.3 is 4.90 Å². The van der Waals surface area contributed by atoms with Crippen LogP contribution in [0.1, 0.15) is 12.8 Å². The van der Waals surface area contributed by atoms with Crippen LogP contribution in [0.15, 0.2) is 12.4 Å². The number of nitrogens with zero attached hydrogens (tertiary/aromatic N) is 3. The van der Waals surface area contributed by atoms with Crippen LogP contribution in [-0.2, 0) is 0 Å². The van der Waals surface area contributed by atoms with Crippen molar-refractivity contribution in [2.24, 2.45) is 0 Å². The van der Waals surface area contributed by atoms with E-state index in [0.717, 1.165) is 24.5 Å². The van der Waals surface area contributed by atoms with Crippen LogP contribution in [0.25, 0.3) is 0 Å². The summed E-state index contributed by atoms with van der Waals surface area (Å²) in [4.78, 5) is 10.8. The lowest BCUT2D eigenvalue weighted by Crippen LogP contribution is -2.21. The maximum absolute atomic E-state index is 4.32. The summed E-state index contributed by atoms with van der Waals surface area (Å²) in [5.41, 5.74) is 0.984. The second-order valence-electron chi connectivity index (χ2n) is 3.21. The van der Waals surface area contributed by atoms with E-state index in [4.69, 9.17) is 0 Å². The lowest BCUT2D eigenvalue weighted by molar-refractivity contribution is 0.930. The van der Waals surface area contributed by atoms with Crippen LogP contribution >= 0.6 is 0 Å². The molecule has 0 spiro atoms. The van der Waals surface area contributed by atoms with E-state index in [2.05, 4.69) is 14.9 Å². The Balaban J connectivity index is 2.17. The summed E-state index contributed by atoms with van der Waals surface area (Å²) in [6.45, 7) is 2.27. The second-order valence-corrected chi connectivity index (χ2v) is 3.21. The van der Waals surface area contributed by atoms with E-state index in [1.165, 1.54) is 12.8 Å². The van der Waals surface area contributed by atoms with Gasteiger partial charge in [-0.05, 0) is 12.8 Å². The van der Waals surface area contributed by atoms with Gasteiger partial charge >= 0.3 is 0 Å². The van der Waals surface area contributed by atoms with Crippen molar-refractivity contribution < 1.29 is 0 Å². The molecule has 0 amide bonds. The van der Waals surface area contributed by atoms with Gasteiger partial charge in [-0.3, -0.25) is 4.98 Å². The van der Waals surface area contributed by atoms with E-state index in [9.17, 15) is 0 Å². The van der Waals surface area contributed by atoms with Crippen LogP contribution in [0.5, 0.6) is 0 Å². The van der Waals surface area contributed by atoms with Crippen LogP contribution in [0.3, 0.4) is 0 Å². The molecule has 2 rings (SSSR count). The number of rotatable bonds is 1. The van der Waals surface area contributed by atoms with E-state index in [0.29, 0.717) is 0 Å². The quantitative estimate of drug-likeness (QED) is 0.511. The van der Waals surface area contributed by atoms with Gasteiger partial charge in [0.05, 0.1) is 6.20 Å². The smallest absolute Gasteiger partial charge is 0.166 e. The average Bonchev–Trinajstić information content (AvgIpc) is 2.58. The van der Waals surface area contributed by atoms with Crippen molar-refractivity contribution in [1.29, 1.82) is 0 Å². The fraction of sp³-hybridized carbons (Fsp3) is 0.500. The summed E-state index contributed by atoms with van der Waals surface area (Å²) in [7, 11) is 1.96. The molecule has 1 aromatic rings. The van der Waals surface area contributed by atoms with E-state index in [1.807, 2.05) is 20.2 Å². The van der Waals surface area contributed by atoms with E-state index in [1.54, 1.807) is 0 Å². The van der Waals surface area contributed by atoms with Gasteiger partial charge in [0.25, 0.3) is 0 Å². The van der Waals surface area contributed by atoms with Gasteiger partial charge in [-0.25, -0.2) is 4.98 Å².